The van der Waals surface area contributed by atoms with Crippen LogP contribution in [0.3, 0.4) is 0 Å². The summed E-state index contributed by atoms with van der Waals surface area (Å²) in [5, 5.41) is 12.2. The minimum absolute atomic E-state index is 0.0630. The minimum atomic E-state index is -1.00. The Hall–Kier alpha value is -4.10. The quantitative estimate of drug-likeness (QED) is 0.305. The van der Waals surface area contributed by atoms with E-state index in [9.17, 15) is 19.5 Å². The molecule has 0 spiro atoms. The average molecular weight is 586 g/mol. The normalized spacial score (nSPS) is 17.4. The second kappa shape index (κ2) is 11.6. The van der Waals surface area contributed by atoms with Gasteiger partial charge in [-0.1, -0.05) is 54.1 Å². The van der Waals surface area contributed by atoms with Crippen LogP contribution in [0.1, 0.15) is 62.5 Å². The molecule has 0 bridgehead atoms. The average Bonchev–Trinajstić information content (AvgIpc) is 2.97. The molecule has 1 N–H and O–H groups in total. The summed E-state index contributed by atoms with van der Waals surface area (Å²) in [6, 6.07) is 17.7. The third-order valence-corrected chi connectivity index (χ3v) is 8.58. The number of allylic oxidation sites excluding steroid dienone is 4. The van der Waals surface area contributed by atoms with E-state index in [1.807, 2.05) is 37.3 Å². The fourth-order valence-electron chi connectivity index (χ4n) is 6.60. The molecule has 7 nitrogen and oxygen atoms in total. The van der Waals surface area contributed by atoms with Crippen LogP contribution in [-0.2, 0) is 21.0 Å². The fraction of sp³-hybridized carbons (Fsp3) is 0.324. The van der Waals surface area contributed by atoms with Crippen molar-refractivity contribution in [2.75, 3.05) is 13.2 Å². The molecule has 216 valence electrons. The van der Waals surface area contributed by atoms with Crippen LogP contribution < -0.4 is 9.47 Å². The van der Waals surface area contributed by atoms with Crippen LogP contribution in [0.25, 0.3) is 10.8 Å². The number of fused-ring (bicyclic) bond motifs is 1. The van der Waals surface area contributed by atoms with Crippen molar-refractivity contribution in [1.82, 2.24) is 4.90 Å². The number of aliphatic carboxylic acids is 1. The molecule has 1 aliphatic heterocycles. The number of carbonyl (C=O) groups excluding carboxylic acids is 2. The lowest BCUT2D eigenvalue weighted by Crippen LogP contribution is -2.41. The van der Waals surface area contributed by atoms with Crippen molar-refractivity contribution in [3.8, 4) is 11.5 Å². The Morgan fingerprint density at radius 3 is 2.26 bits per heavy atom. The van der Waals surface area contributed by atoms with Gasteiger partial charge < -0.3 is 19.5 Å². The van der Waals surface area contributed by atoms with Crippen molar-refractivity contribution in [1.29, 1.82) is 0 Å². The molecule has 6 rings (SSSR count). The van der Waals surface area contributed by atoms with Gasteiger partial charge in [-0.2, -0.15) is 0 Å². The Balaban J connectivity index is 1.44. The number of carbonyl (C=O) groups is 3. The fourth-order valence-corrected chi connectivity index (χ4v) is 6.88. The predicted molar refractivity (Wildman–Crippen MR) is 160 cm³/mol. The van der Waals surface area contributed by atoms with Crippen molar-refractivity contribution in [2.24, 2.45) is 0 Å². The van der Waals surface area contributed by atoms with Crippen LogP contribution >= 0.6 is 11.6 Å². The molecule has 0 amide bonds. The highest BCUT2D eigenvalue weighted by Gasteiger charge is 2.44. The van der Waals surface area contributed by atoms with Crippen LogP contribution in [0.5, 0.6) is 11.5 Å². The van der Waals surface area contributed by atoms with E-state index in [0.717, 1.165) is 16.3 Å². The van der Waals surface area contributed by atoms with Gasteiger partial charge in [0.2, 0.25) is 0 Å². The molecule has 3 aromatic rings. The zero-order valence-corrected chi connectivity index (χ0v) is 24.2. The molecule has 0 fully saturated rings. The maximum Gasteiger partial charge on any atom is 0.323 e. The smallest absolute Gasteiger partial charge is 0.323 e. The van der Waals surface area contributed by atoms with Crippen LogP contribution in [0.4, 0.5) is 0 Å². The molecule has 3 aliphatic rings. The van der Waals surface area contributed by atoms with Crippen molar-refractivity contribution in [3.05, 3.63) is 93.3 Å². The van der Waals surface area contributed by atoms with Gasteiger partial charge in [0.1, 0.15) is 13.2 Å². The first-order valence-electron chi connectivity index (χ1n) is 14.4. The maximum absolute atomic E-state index is 13.5. The van der Waals surface area contributed by atoms with Gasteiger partial charge in [0.15, 0.2) is 23.1 Å². The lowest BCUT2D eigenvalue weighted by atomic mass is 9.71. The summed E-state index contributed by atoms with van der Waals surface area (Å²) < 4.78 is 12.3. The summed E-state index contributed by atoms with van der Waals surface area (Å²) in [6.45, 7) is 2.23. The molecule has 2 aliphatic carbocycles. The highest BCUT2D eigenvalue weighted by molar-refractivity contribution is 6.32. The van der Waals surface area contributed by atoms with E-state index in [4.69, 9.17) is 21.1 Å². The topological polar surface area (TPSA) is 93.1 Å². The van der Waals surface area contributed by atoms with Crippen molar-refractivity contribution in [2.45, 2.75) is 58.0 Å². The van der Waals surface area contributed by atoms with Gasteiger partial charge in [-0.3, -0.25) is 14.4 Å². The van der Waals surface area contributed by atoms with E-state index in [2.05, 4.69) is 18.2 Å². The van der Waals surface area contributed by atoms with Gasteiger partial charge in [0.05, 0.1) is 11.6 Å². The number of carboxylic acids is 1. The number of carboxylic acid groups (broad SMARTS) is 1. The largest absolute Gasteiger partial charge is 0.490 e. The standard InChI is InChI=1S/C34H32ClNO6/c1-2-41-29-17-22(16-24(35)34(29)42-19-21-10-5-9-20-8-3-4-11-23(20)21)31-32-25(12-6-14-27(32)37)36(18-30(39)40)26-13-7-15-28(38)33(26)31/h3-5,8-11,16-17,31H,2,6-7,12-15,18-19H2,1H3,(H,39,40). The molecular formula is C34H32ClNO6. The highest BCUT2D eigenvalue weighted by atomic mass is 35.5. The SMILES string of the molecule is CCOc1cc(C2C3=C(CCCC3=O)N(CC(=O)O)C3=C2C(=O)CCC3)cc(Cl)c1OCc1cccc2ccccc12. The van der Waals surface area contributed by atoms with Gasteiger partial charge in [-0.05, 0) is 66.6 Å². The summed E-state index contributed by atoms with van der Waals surface area (Å²) in [5.74, 6) is -0.934. The lowest BCUT2D eigenvalue weighted by Gasteiger charge is -2.43. The molecule has 0 unspecified atom stereocenters. The van der Waals surface area contributed by atoms with Gasteiger partial charge in [0, 0.05) is 41.3 Å². The van der Waals surface area contributed by atoms with E-state index in [1.165, 1.54) is 0 Å². The first kappa shape index (κ1) is 28.0. The van der Waals surface area contributed by atoms with Crippen molar-refractivity contribution in [3.63, 3.8) is 0 Å². The summed E-state index contributed by atoms with van der Waals surface area (Å²) in [4.78, 5) is 40.6. The van der Waals surface area contributed by atoms with Crippen LogP contribution in [0.2, 0.25) is 5.02 Å². The molecule has 42 heavy (non-hydrogen) atoms. The number of hydrogen-bond donors (Lipinski definition) is 1. The number of hydrogen-bond acceptors (Lipinski definition) is 6. The van der Waals surface area contributed by atoms with Crippen LogP contribution in [0, 0.1) is 0 Å². The molecule has 0 atom stereocenters. The number of ketones is 2. The molecular weight excluding hydrogens is 554 g/mol. The first-order valence-corrected chi connectivity index (χ1v) is 14.8. The Morgan fingerprint density at radius 1 is 0.929 bits per heavy atom. The number of benzene rings is 3. The molecule has 1 heterocycles. The summed E-state index contributed by atoms with van der Waals surface area (Å²) >= 11 is 6.90. The number of ether oxygens (including phenoxy) is 2. The second-order valence-corrected chi connectivity index (χ2v) is 11.3. The van der Waals surface area contributed by atoms with E-state index in [0.29, 0.717) is 89.8 Å². The molecule has 0 aromatic heterocycles. The zero-order chi connectivity index (χ0) is 29.4. The monoisotopic (exact) mass is 585 g/mol. The maximum atomic E-state index is 13.5. The third-order valence-electron chi connectivity index (χ3n) is 8.30. The van der Waals surface area contributed by atoms with Crippen LogP contribution in [0.15, 0.2) is 77.1 Å². The van der Waals surface area contributed by atoms with Gasteiger partial charge in [-0.25, -0.2) is 0 Å². The molecule has 3 aromatic carbocycles. The molecule has 8 heteroatoms. The Kier molecular flexibility index (Phi) is 7.78. The van der Waals surface area contributed by atoms with Crippen molar-refractivity contribution < 1.29 is 29.0 Å². The summed E-state index contributed by atoms with van der Waals surface area (Å²) in [5.41, 5.74) is 4.09. The van der Waals surface area contributed by atoms with Crippen molar-refractivity contribution >= 4 is 39.9 Å². The summed E-state index contributed by atoms with van der Waals surface area (Å²) in [7, 11) is 0. The predicted octanol–water partition coefficient (Wildman–Crippen LogP) is 6.97. The lowest BCUT2D eigenvalue weighted by molar-refractivity contribution is -0.138. The minimum Gasteiger partial charge on any atom is -0.490 e. The second-order valence-electron chi connectivity index (χ2n) is 10.9. The third kappa shape index (κ3) is 5.07. The van der Waals surface area contributed by atoms with E-state index >= 15 is 0 Å². The Bertz CT molecular complexity index is 1620. The summed E-state index contributed by atoms with van der Waals surface area (Å²) in [6.07, 6.45) is 3.14. The number of nitrogens with zero attached hydrogens (tertiary/aromatic N) is 1. The number of halogens is 1. The van der Waals surface area contributed by atoms with E-state index < -0.39 is 11.9 Å². The number of Topliss-reactive ketones (excluding diaryl/α,β-unsaturated/α-hetero) is 2. The van der Waals surface area contributed by atoms with Gasteiger partial charge in [0.25, 0.3) is 0 Å². The molecule has 0 saturated carbocycles. The molecule has 0 radical (unpaired) electrons. The van der Waals surface area contributed by atoms with Gasteiger partial charge >= 0.3 is 5.97 Å². The molecule has 0 saturated heterocycles. The number of rotatable bonds is 8. The Labute approximate surface area is 249 Å². The zero-order valence-electron chi connectivity index (χ0n) is 23.5. The Morgan fingerprint density at radius 2 is 1.60 bits per heavy atom. The highest BCUT2D eigenvalue weighted by Crippen LogP contribution is 2.51. The first-order chi connectivity index (χ1) is 20.4. The van der Waals surface area contributed by atoms with E-state index in [-0.39, 0.29) is 24.7 Å². The van der Waals surface area contributed by atoms with Crippen LogP contribution in [-0.4, -0.2) is 40.7 Å². The van der Waals surface area contributed by atoms with E-state index in [1.54, 1.807) is 11.0 Å². The van der Waals surface area contributed by atoms with Gasteiger partial charge in [-0.15, -0.1) is 0 Å².